The lowest BCUT2D eigenvalue weighted by molar-refractivity contribution is 0.0300. The molecule has 0 aliphatic heterocycles. The topological polar surface area (TPSA) is 219 Å². The number of aliphatic hydroxyl groups excluding tert-OH is 1. The molecule has 0 radical (unpaired) electrons. The summed E-state index contributed by atoms with van der Waals surface area (Å²) in [7, 11) is 0. The number of hydrogen-bond donors (Lipinski definition) is 4. The first-order chi connectivity index (χ1) is 25.3. The number of hydrogen-bond acceptors (Lipinski definition) is 14. The van der Waals surface area contributed by atoms with Gasteiger partial charge < -0.3 is 40.4 Å². The Bertz CT molecular complexity index is 1620. The molecule has 3 aliphatic carbocycles. The molecule has 0 bridgehead atoms. The van der Waals surface area contributed by atoms with Crippen LogP contribution in [0.2, 0.25) is 20.6 Å². The molecule has 0 spiro atoms. The van der Waals surface area contributed by atoms with E-state index in [-0.39, 0.29) is 64.3 Å². The minimum atomic E-state index is -0.489. The first-order valence-corrected chi connectivity index (χ1v) is 18.6. The Morgan fingerprint density at radius 1 is 0.618 bits per heavy atom. The predicted octanol–water partition coefficient (Wildman–Crippen LogP) is 6.80. The Labute approximate surface area is 346 Å². The molecular formula is C34H48Cl5N9O7. The van der Waals surface area contributed by atoms with Crippen LogP contribution < -0.4 is 25.8 Å². The van der Waals surface area contributed by atoms with Gasteiger partial charge in [-0.15, -0.1) is 12.4 Å². The fraction of sp³-hybridized carbons (Fsp3) is 0.588. The molecule has 3 heterocycles. The van der Waals surface area contributed by atoms with Crippen LogP contribution in [-0.2, 0) is 9.47 Å². The molecule has 306 valence electrons. The van der Waals surface area contributed by atoms with Gasteiger partial charge in [-0.25, -0.2) is 39.5 Å². The van der Waals surface area contributed by atoms with Crippen molar-refractivity contribution in [3.63, 3.8) is 0 Å². The number of carbonyl (C=O) groups is 2. The van der Waals surface area contributed by atoms with Crippen molar-refractivity contribution in [2.24, 2.45) is 5.73 Å². The number of halogens is 5. The number of nitrogens with zero attached hydrogens (tertiary/aromatic N) is 6. The number of carbonyl (C=O) groups excluding carboxylic acids is 2. The van der Waals surface area contributed by atoms with Crippen LogP contribution in [0.25, 0.3) is 0 Å². The normalized spacial score (nSPS) is 22.1. The van der Waals surface area contributed by atoms with Gasteiger partial charge in [0.15, 0.2) is 20.6 Å². The SMILES string of the molecule is CC(C)(C)OC(=O)NC1CC(O)C1.CC(C)(C)OC(=O)NC1CC(Oc2nccnc2Cl)C1.Cl.Clc1nccnc1Cl.NC1CC(Oc2nccnc2Cl)C1. The van der Waals surface area contributed by atoms with Gasteiger partial charge in [0, 0.05) is 68.1 Å². The third-order valence-corrected chi connectivity index (χ3v) is 8.36. The number of alkyl carbamates (subject to hydrolysis) is 2. The highest BCUT2D eigenvalue weighted by molar-refractivity contribution is 6.40. The summed E-state index contributed by atoms with van der Waals surface area (Å²) in [6.45, 7) is 11.0. The highest BCUT2D eigenvalue weighted by Crippen LogP contribution is 2.29. The maximum absolute atomic E-state index is 11.6. The lowest BCUT2D eigenvalue weighted by atomic mass is 9.89. The van der Waals surface area contributed by atoms with Crippen molar-refractivity contribution < 1.29 is 33.6 Å². The molecule has 2 amide bonds. The third kappa shape index (κ3) is 19.0. The van der Waals surface area contributed by atoms with E-state index in [1.807, 2.05) is 41.5 Å². The lowest BCUT2D eigenvalue weighted by Crippen LogP contribution is -2.50. The maximum atomic E-state index is 11.6. The zero-order valence-electron chi connectivity index (χ0n) is 31.2. The minimum Gasteiger partial charge on any atom is -0.472 e. The van der Waals surface area contributed by atoms with Crippen LogP contribution in [0.5, 0.6) is 11.8 Å². The minimum absolute atomic E-state index is 0. The summed E-state index contributed by atoms with van der Waals surface area (Å²) in [6, 6.07) is 0.413. The van der Waals surface area contributed by atoms with Crippen LogP contribution >= 0.6 is 58.8 Å². The van der Waals surface area contributed by atoms with E-state index in [9.17, 15) is 9.59 Å². The first kappa shape index (κ1) is 47.9. The predicted molar refractivity (Wildman–Crippen MR) is 210 cm³/mol. The van der Waals surface area contributed by atoms with Crippen molar-refractivity contribution in [1.82, 2.24) is 40.5 Å². The van der Waals surface area contributed by atoms with Crippen LogP contribution in [0.4, 0.5) is 9.59 Å². The molecule has 6 rings (SSSR count). The standard InChI is InChI=1S/C13H18ClN3O3.C9H17NO3.C8H10ClN3O.C4H2Cl2N2.ClH/c1-13(2,3)20-12(18)17-8-6-9(7-8)19-11-10(14)15-4-5-16-11;1-9(2,3)13-8(12)10-6-4-7(11)5-6;9-7-8(12-2-1-11-7)13-6-3-5(10)4-6;5-3-4(6)8-2-1-7-3;/h4-5,8-9H,6-7H2,1-3H3,(H,17,18);6-7,11H,4-5H2,1-3H3,(H,10,12);1-2,5-6H,3-4,10H2;1-2H;1H. The zero-order valence-corrected chi connectivity index (χ0v) is 35.1. The highest BCUT2D eigenvalue weighted by atomic mass is 35.5. The molecule has 21 heteroatoms. The van der Waals surface area contributed by atoms with E-state index < -0.39 is 23.4 Å². The van der Waals surface area contributed by atoms with E-state index in [2.05, 4.69) is 40.5 Å². The molecular weight excluding hydrogens is 824 g/mol. The maximum Gasteiger partial charge on any atom is 0.407 e. The zero-order chi connectivity index (χ0) is 40.1. The summed E-state index contributed by atoms with van der Waals surface area (Å²) >= 11 is 22.4. The van der Waals surface area contributed by atoms with Crippen molar-refractivity contribution in [3.8, 4) is 11.8 Å². The van der Waals surface area contributed by atoms with Gasteiger partial charge in [0.05, 0.1) is 6.10 Å². The Kier molecular flexibility index (Phi) is 19.6. The van der Waals surface area contributed by atoms with Gasteiger partial charge in [-0.05, 0) is 67.2 Å². The van der Waals surface area contributed by atoms with Crippen LogP contribution in [0, 0.1) is 0 Å². The second-order valence-electron chi connectivity index (χ2n) is 14.4. The quantitative estimate of drug-likeness (QED) is 0.200. The monoisotopic (exact) mass is 869 g/mol. The molecule has 16 nitrogen and oxygen atoms in total. The number of aromatic nitrogens is 6. The largest absolute Gasteiger partial charge is 0.472 e. The van der Waals surface area contributed by atoms with Gasteiger partial charge in [-0.1, -0.05) is 46.4 Å². The molecule has 3 saturated carbocycles. The number of rotatable bonds is 6. The summed E-state index contributed by atoms with van der Waals surface area (Å²) in [5.74, 6) is 0.732. The third-order valence-electron chi connectivity index (χ3n) is 7.20. The molecule has 0 saturated heterocycles. The number of amides is 2. The van der Waals surface area contributed by atoms with Crippen molar-refractivity contribution >= 4 is 71.0 Å². The van der Waals surface area contributed by atoms with Gasteiger partial charge in [0.25, 0.3) is 11.8 Å². The van der Waals surface area contributed by atoms with Gasteiger partial charge >= 0.3 is 12.2 Å². The smallest absolute Gasteiger partial charge is 0.407 e. The number of nitrogens with one attached hydrogen (secondary N) is 2. The molecule has 55 heavy (non-hydrogen) atoms. The summed E-state index contributed by atoms with van der Waals surface area (Å²) < 4.78 is 21.3. The number of aliphatic hydroxyl groups is 1. The van der Waals surface area contributed by atoms with E-state index in [1.54, 1.807) is 6.20 Å². The van der Waals surface area contributed by atoms with Crippen LogP contribution in [0.3, 0.4) is 0 Å². The van der Waals surface area contributed by atoms with E-state index in [4.69, 9.17) is 76.2 Å². The summed E-state index contributed by atoms with van der Waals surface area (Å²) in [5, 5.41) is 15.5. The Morgan fingerprint density at radius 2 is 0.945 bits per heavy atom. The summed E-state index contributed by atoms with van der Waals surface area (Å²) in [6.07, 6.45) is 12.6. The van der Waals surface area contributed by atoms with Crippen molar-refractivity contribution in [2.75, 3.05) is 0 Å². The highest BCUT2D eigenvalue weighted by Gasteiger charge is 2.34. The first-order valence-electron chi connectivity index (χ1n) is 17.1. The van der Waals surface area contributed by atoms with E-state index in [0.717, 1.165) is 12.8 Å². The molecule has 5 N–H and O–H groups in total. The second-order valence-corrected chi connectivity index (χ2v) is 15.9. The molecule has 0 unspecified atom stereocenters. The van der Waals surface area contributed by atoms with Crippen molar-refractivity contribution in [1.29, 1.82) is 0 Å². The molecule has 3 fully saturated rings. The molecule has 0 aromatic carbocycles. The average molecular weight is 872 g/mol. The van der Waals surface area contributed by atoms with Gasteiger partial charge in [0.1, 0.15) is 23.4 Å². The number of nitrogens with two attached hydrogens (primary N) is 1. The molecule has 3 aliphatic rings. The van der Waals surface area contributed by atoms with E-state index in [1.165, 1.54) is 31.0 Å². The van der Waals surface area contributed by atoms with Crippen LogP contribution in [-0.4, -0.2) is 94.8 Å². The molecule has 3 aromatic rings. The lowest BCUT2D eigenvalue weighted by Gasteiger charge is -2.35. The summed E-state index contributed by atoms with van der Waals surface area (Å²) in [5.41, 5.74) is 4.67. The Hall–Kier alpha value is -3.25. The van der Waals surface area contributed by atoms with Crippen molar-refractivity contribution in [2.45, 2.75) is 128 Å². The van der Waals surface area contributed by atoms with Gasteiger partial charge in [0.2, 0.25) is 0 Å². The number of ether oxygens (including phenoxy) is 4. The summed E-state index contributed by atoms with van der Waals surface area (Å²) in [4.78, 5) is 45.7. The Balaban J connectivity index is 0.000000264. The van der Waals surface area contributed by atoms with Gasteiger partial charge in [-0.2, -0.15) is 0 Å². The van der Waals surface area contributed by atoms with Crippen molar-refractivity contribution in [3.05, 3.63) is 57.8 Å². The van der Waals surface area contributed by atoms with E-state index >= 15 is 0 Å². The van der Waals surface area contributed by atoms with Crippen LogP contribution in [0.1, 0.15) is 80.1 Å². The Morgan fingerprint density at radius 3 is 1.25 bits per heavy atom. The van der Waals surface area contributed by atoms with E-state index in [0.29, 0.717) is 42.6 Å². The average Bonchev–Trinajstić information content (AvgIpc) is 3.01. The van der Waals surface area contributed by atoms with Gasteiger partial charge in [-0.3, -0.25) is 0 Å². The van der Waals surface area contributed by atoms with Crippen LogP contribution in [0.15, 0.2) is 37.2 Å². The fourth-order valence-electron chi connectivity index (χ4n) is 4.53. The molecule has 0 atom stereocenters. The second kappa shape index (κ2) is 22.5. The molecule has 3 aromatic heterocycles. The fourth-order valence-corrected chi connectivity index (χ4v) is 5.04.